The van der Waals surface area contributed by atoms with E-state index in [0.29, 0.717) is 37.2 Å². The number of H-pyrrole nitrogens is 1. The second-order valence-electron chi connectivity index (χ2n) is 11.4. The lowest BCUT2D eigenvalue weighted by Gasteiger charge is -2.26. The Morgan fingerprint density at radius 2 is 1.74 bits per heavy atom. The Hall–Kier alpha value is -4.00. The summed E-state index contributed by atoms with van der Waals surface area (Å²) in [7, 11) is -3.96. The van der Waals surface area contributed by atoms with Gasteiger partial charge in [-0.25, -0.2) is 22.0 Å². The molecule has 0 atom stereocenters. The smallest absolute Gasteiger partial charge is 0.393 e. The number of carbonyl (C=O) groups is 1. The number of hydrogen-bond acceptors (Lipinski definition) is 6. The molecule has 1 fully saturated rings. The van der Waals surface area contributed by atoms with Crippen molar-refractivity contribution >= 4 is 32.7 Å². The minimum atomic E-state index is -3.96. The van der Waals surface area contributed by atoms with Crippen LogP contribution in [0.15, 0.2) is 65.6 Å². The molecule has 0 bridgehead atoms. The van der Waals surface area contributed by atoms with Crippen molar-refractivity contribution in [1.82, 2.24) is 15.2 Å². The molecule has 3 N–H and O–H groups in total. The summed E-state index contributed by atoms with van der Waals surface area (Å²) in [6.07, 6.45) is -0.761. The summed E-state index contributed by atoms with van der Waals surface area (Å²) in [5.41, 5.74) is 1.63. The molecular weight excluding hydrogens is 578 g/mol. The largest absolute Gasteiger partial charge is 0.413 e. The summed E-state index contributed by atoms with van der Waals surface area (Å²) in [6, 6.07) is 14.3. The van der Waals surface area contributed by atoms with E-state index >= 15 is 4.39 Å². The van der Waals surface area contributed by atoms with Gasteiger partial charge in [-0.3, -0.25) is 9.62 Å². The quantitative estimate of drug-likeness (QED) is 0.238. The molecule has 1 aliphatic rings. The van der Waals surface area contributed by atoms with Crippen molar-refractivity contribution in [1.29, 1.82) is 0 Å². The summed E-state index contributed by atoms with van der Waals surface area (Å²) < 4.78 is 68.7. The van der Waals surface area contributed by atoms with Gasteiger partial charge >= 0.3 is 6.09 Å². The molecule has 4 aromatic rings. The standard InChI is InChI=1S/C31H34F2N4O5S/c1-31(2,3)20-4-8-23(9-5-20)43(39,40)36-22-7-11-27-25(19-22)28(24-10-6-21(32)18-26(24)33)29(35-27)42-30(38)34-12-13-37-14-16-41-17-15-37/h4-11,18-19,35-36H,12-17H2,1-3H3,(H,34,38). The van der Waals surface area contributed by atoms with Crippen molar-refractivity contribution < 1.29 is 31.5 Å². The first kappa shape index (κ1) is 30.5. The zero-order valence-corrected chi connectivity index (χ0v) is 25.0. The Bertz CT molecular complexity index is 1730. The molecule has 1 saturated heterocycles. The van der Waals surface area contributed by atoms with Crippen LogP contribution in [-0.4, -0.2) is 63.8 Å². The third-order valence-electron chi connectivity index (χ3n) is 7.24. The first-order valence-corrected chi connectivity index (χ1v) is 15.4. The van der Waals surface area contributed by atoms with E-state index in [-0.39, 0.29) is 33.0 Å². The van der Waals surface area contributed by atoms with Gasteiger partial charge in [0.25, 0.3) is 10.0 Å². The number of nitrogens with zero attached hydrogens (tertiary/aromatic N) is 1. The molecule has 12 heteroatoms. The van der Waals surface area contributed by atoms with Gasteiger partial charge in [-0.05, 0) is 53.4 Å². The number of carbonyl (C=O) groups excluding carboxylic acids is 1. The van der Waals surface area contributed by atoms with Crippen LogP contribution in [0.25, 0.3) is 22.0 Å². The van der Waals surface area contributed by atoms with Crippen molar-refractivity contribution in [3.8, 4) is 17.0 Å². The van der Waals surface area contributed by atoms with Gasteiger partial charge in [0.15, 0.2) is 0 Å². The lowest BCUT2D eigenvalue weighted by atomic mass is 9.87. The first-order chi connectivity index (χ1) is 20.4. The van der Waals surface area contributed by atoms with Gasteiger partial charge in [-0.1, -0.05) is 32.9 Å². The molecule has 5 rings (SSSR count). The molecule has 3 aromatic carbocycles. The fourth-order valence-corrected chi connectivity index (χ4v) is 5.93. The van der Waals surface area contributed by atoms with Gasteiger partial charge in [0.05, 0.1) is 23.7 Å². The monoisotopic (exact) mass is 612 g/mol. The molecule has 0 saturated carbocycles. The summed E-state index contributed by atoms with van der Waals surface area (Å²) in [5.74, 6) is -1.71. The SMILES string of the molecule is CC(C)(C)c1ccc(S(=O)(=O)Nc2ccc3[nH]c(OC(=O)NCCN4CCOCC4)c(-c4ccc(F)cc4F)c3c2)cc1. The Labute approximate surface area is 249 Å². The minimum absolute atomic E-state index is 0.0263. The Kier molecular flexibility index (Phi) is 8.72. The van der Waals surface area contributed by atoms with E-state index in [1.807, 2.05) is 20.8 Å². The predicted molar refractivity (Wildman–Crippen MR) is 161 cm³/mol. The fraction of sp³-hybridized carbons (Fsp3) is 0.323. The summed E-state index contributed by atoms with van der Waals surface area (Å²) in [6.45, 7) is 9.83. The molecule has 0 aliphatic carbocycles. The average molecular weight is 613 g/mol. The third-order valence-corrected chi connectivity index (χ3v) is 8.64. The molecule has 1 aliphatic heterocycles. The number of aromatic nitrogens is 1. The van der Waals surface area contributed by atoms with Crippen LogP contribution < -0.4 is 14.8 Å². The number of hydrogen-bond donors (Lipinski definition) is 3. The van der Waals surface area contributed by atoms with Gasteiger partial charge < -0.3 is 19.8 Å². The number of aromatic amines is 1. The molecule has 2 heterocycles. The second kappa shape index (κ2) is 12.3. The van der Waals surface area contributed by atoms with E-state index in [1.165, 1.54) is 18.2 Å². The highest BCUT2D eigenvalue weighted by molar-refractivity contribution is 7.92. The highest BCUT2D eigenvalue weighted by Crippen LogP contribution is 2.40. The van der Waals surface area contributed by atoms with Crippen LogP contribution >= 0.6 is 0 Å². The Morgan fingerprint density at radius 1 is 1.02 bits per heavy atom. The van der Waals surface area contributed by atoms with Crippen molar-refractivity contribution in [2.45, 2.75) is 31.1 Å². The third kappa shape index (κ3) is 7.15. The maximum atomic E-state index is 15.0. The Balaban J connectivity index is 1.43. The molecule has 43 heavy (non-hydrogen) atoms. The molecule has 0 spiro atoms. The van der Waals surface area contributed by atoms with Crippen molar-refractivity contribution in [2.24, 2.45) is 0 Å². The van der Waals surface area contributed by atoms with Crippen LogP contribution in [0.1, 0.15) is 26.3 Å². The van der Waals surface area contributed by atoms with E-state index in [0.717, 1.165) is 30.8 Å². The van der Waals surface area contributed by atoms with E-state index in [4.69, 9.17) is 9.47 Å². The first-order valence-electron chi connectivity index (χ1n) is 13.9. The number of morpholine rings is 1. The van der Waals surface area contributed by atoms with Crippen LogP contribution in [0.5, 0.6) is 5.88 Å². The molecule has 1 aromatic heterocycles. The van der Waals surface area contributed by atoms with Gasteiger partial charge in [0, 0.05) is 54.4 Å². The maximum absolute atomic E-state index is 15.0. The van der Waals surface area contributed by atoms with Gasteiger partial charge in [0.2, 0.25) is 5.88 Å². The summed E-state index contributed by atoms with van der Waals surface area (Å²) >= 11 is 0. The number of ether oxygens (including phenoxy) is 2. The number of nitrogens with one attached hydrogen (secondary N) is 3. The highest BCUT2D eigenvalue weighted by Gasteiger charge is 2.23. The Morgan fingerprint density at radius 3 is 2.42 bits per heavy atom. The molecule has 0 unspecified atom stereocenters. The topological polar surface area (TPSA) is 113 Å². The van der Waals surface area contributed by atoms with Crippen LogP contribution in [0.2, 0.25) is 0 Å². The van der Waals surface area contributed by atoms with E-state index in [1.54, 1.807) is 30.3 Å². The van der Waals surface area contributed by atoms with Crippen LogP contribution in [0.4, 0.5) is 19.3 Å². The molecule has 1 amide bonds. The van der Waals surface area contributed by atoms with Crippen molar-refractivity contribution in [3.63, 3.8) is 0 Å². The second-order valence-corrected chi connectivity index (χ2v) is 13.0. The lowest BCUT2D eigenvalue weighted by Crippen LogP contribution is -2.41. The summed E-state index contributed by atoms with van der Waals surface area (Å²) in [4.78, 5) is 17.9. The van der Waals surface area contributed by atoms with Gasteiger partial charge in [0.1, 0.15) is 11.6 Å². The van der Waals surface area contributed by atoms with Crippen LogP contribution in [0.3, 0.4) is 0 Å². The van der Waals surface area contributed by atoms with Crippen molar-refractivity contribution in [2.75, 3.05) is 44.1 Å². The number of amides is 1. The molecule has 0 radical (unpaired) electrons. The van der Waals surface area contributed by atoms with Crippen LogP contribution in [-0.2, 0) is 20.2 Å². The fourth-order valence-electron chi connectivity index (χ4n) is 4.88. The molecule has 228 valence electrons. The van der Waals surface area contributed by atoms with E-state index in [2.05, 4.69) is 19.9 Å². The highest BCUT2D eigenvalue weighted by atomic mass is 32.2. The predicted octanol–water partition coefficient (Wildman–Crippen LogP) is 5.63. The number of sulfonamides is 1. The lowest BCUT2D eigenvalue weighted by molar-refractivity contribution is 0.0385. The zero-order valence-electron chi connectivity index (χ0n) is 24.2. The van der Waals surface area contributed by atoms with Crippen LogP contribution in [0, 0.1) is 11.6 Å². The normalized spacial score (nSPS) is 14.5. The van der Waals surface area contributed by atoms with Crippen molar-refractivity contribution in [3.05, 3.63) is 77.9 Å². The van der Waals surface area contributed by atoms with Gasteiger partial charge in [-0.2, -0.15) is 0 Å². The zero-order chi connectivity index (χ0) is 30.8. The maximum Gasteiger partial charge on any atom is 0.413 e. The van der Waals surface area contributed by atoms with E-state index in [9.17, 15) is 17.6 Å². The molecular formula is C31H34F2N4O5S. The number of anilines is 1. The van der Waals surface area contributed by atoms with E-state index < -0.39 is 27.8 Å². The molecule has 9 nitrogen and oxygen atoms in total. The van der Waals surface area contributed by atoms with Gasteiger partial charge in [-0.15, -0.1) is 0 Å². The summed E-state index contributed by atoms with van der Waals surface area (Å²) in [5, 5.41) is 3.06. The number of benzene rings is 3. The minimum Gasteiger partial charge on any atom is -0.393 e. The number of halogens is 2. The number of fused-ring (bicyclic) bond motifs is 1. The number of rotatable bonds is 8. The average Bonchev–Trinajstić information content (AvgIpc) is 3.29.